The SMILES string of the molecule is Cc1ccc([SiH2][SiH2][SiH2][SiH2][SiH2][SiH2]c2ccc(C)cc2)cc1. The molecule has 0 unspecified atom stereocenters. The molecule has 0 saturated heterocycles. The van der Waals surface area contributed by atoms with E-state index in [0.717, 1.165) is 0 Å². The van der Waals surface area contributed by atoms with Crippen molar-refractivity contribution in [2.24, 2.45) is 0 Å². The molecule has 106 valence electrons. The maximum atomic E-state index is 2.42. The molecule has 0 aliphatic carbocycles. The first-order valence-electron chi connectivity index (χ1n) is 7.85. The predicted octanol–water partition coefficient (Wildman–Crippen LogP) is -3.16. The first-order valence-corrected chi connectivity index (χ1v) is 29.3. The van der Waals surface area contributed by atoms with Crippen molar-refractivity contribution in [3.63, 3.8) is 0 Å². The number of hydrogen-bond donors (Lipinski definition) is 0. The van der Waals surface area contributed by atoms with Crippen molar-refractivity contribution in [3.05, 3.63) is 59.7 Å². The van der Waals surface area contributed by atoms with Gasteiger partial charge in [0, 0.05) is 18.1 Å². The average Bonchev–Trinajstić information content (AvgIpc) is 2.46. The summed E-state index contributed by atoms with van der Waals surface area (Å²) in [5, 5.41) is 3.53. The van der Waals surface area contributed by atoms with Gasteiger partial charge in [-0.1, -0.05) is 70.0 Å². The molecule has 0 N–H and O–H groups in total. The molecule has 0 radical (unpaired) electrons. The van der Waals surface area contributed by atoms with Gasteiger partial charge in [0.25, 0.3) is 0 Å². The van der Waals surface area contributed by atoms with E-state index >= 15 is 0 Å². The number of benzene rings is 2. The highest BCUT2D eigenvalue weighted by atomic mass is 29.9. The Kier molecular flexibility index (Phi) is 7.17. The van der Waals surface area contributed by atoms with Crippen molar-refractivity contribution < 1.29 is 0 Å². The lowest BCUT2D eigenvalue weighted by Crippen LogP contribution is -2.34. The third-order valence-corrected chi connectivity index (χ3v) is 78.7. The van der Waals surface area contributed by atoms with Crippen molar-refractivity contribution in [3.8, 4) is 0 Å². The molecule has 2 aromatic carbocycles. The van der Waals surface area contributed by atoms with Crippen molar-refractivity contribution in [1.82, 2.24) is 0 Å². The zero-order valence-corrected chi connectivity index (χ0v) is 21.3. The van der Waals surface area contributed by atoms with Crippen LogP contribution >= 0.6 is 0 Å². The summed E-state index contributed by atoms with van der Waals surface area (Å²) in [6.45, 7) is 4.40. The second kappa shape index (κ2) is 8.90. The summed E-state index contributed by atoms with van der Waals surface area (Å²) in [4.78, 5) is 0. The zero-order valence-electron chi connectivity index (χ0n) is 12.9. The summed E-state index contributed by atoms with van der Waals surface area (Å²) < 4.78 is 0. The lowest BCUT2D eigenvalue weighted by molar-refractivity contribution is 1.49. The van der Waals surface area contributed by atoms with Crippen molar-refractivity contribution in [1.29, 1.82) is 0 Å². The third kappa shape index (κ3) is 6.02. The van der Waals surface area contributed by atoms with Crippen LogP contribution in [-0.4, -0.2) is 52.3 Å². The molecule has 6 heteroatoms. The minimum Gasteiger partial charge on any atom is -0.0704 e. The van der Waals surface area contributed by atoms with Gasteiger partial charge < -0.3 is 0 Å². The average molecular weight is 363 g/mol. The van der Waals surface area contributed by atoms with Gasteiger partial charge in [-0.3, -0.25) is 0 Å². The van der Waals surface area contributed by atoms with Crippen LogP contribution in [0.25, 0.3) is 0 Å². The molecule has 0 aliphatic rings. The van der Waals surface area contributed by atoms with Crippen LogP contribution in [-0.2, 0) is 0 Å². The molecule has 0 aliphatic heterocycles. The fraction of sp³-hybridized carbons (Fsp3) is 0.143. The molecule has 0 fully saturated rings. The second-order valence-electron chi connectivity index (χ2n) is 5.89. The van der Waals surface area contributed by atoms with E-state index in [9.17, 15) is 0 Å². The molecule has 0 nitrogen and oxygen atoms in total. The van der Waals surface area contributed by atoms with E-state index in [0.29, 0.717) is 34.2 Å². The molecule has 0 spiro atoms. The van der Waals surface area contributed by atoms with Crippen LogP contribution in [0.1, 0.15) is 11.1 Å². The van der Waals surface area contributed by atoms with Gasteiger partial charge >= 0.3 is 0 Å². The molecule has 0 atom stereocenters. The molecule has 20 heavy (non-hydrogen) atoms. The quantitative estimate of drug-likeness (QED) is 0.360. The van der Waals surface area contributed by atoms with Gasteiger partial charge in [-0.05, 0) is 48.1 Å². The fourth-order valence-corrected chi connectivity index (χ4v) is 122. The highest BCUT2D eigenvalue weighted by molar-refractivity contribution is 7.60. The molecular formula is C14H26Si6. The standard InChI is InChI=1S/C14H26Si6/c1-11-3-7-13(8-4-11)15-17-19-20-18-16-14-9-5-12(2)6-10-14/h3-10H,15-20H2,1-2H3. The molecule has 0 aromatic heterocycles. The van der Waals surface area contributed by atoms with Gasteiger partial charge in [-0.15, -0.1) is 0 Å². The highest BCUT2D eigenvalue weighted by Gasteiger charge is 1.99. The maximum absolute atomic E-state index is 2.42. The minimum absolute atomic E-state index is 0.249. The van der Waals surface area contributed by atoms with Gasteiger partial charge in [-0.25, -0.2) is 0 Å². The van der Waals surface area contributed by atoms with Gasteiger partial charge in [0.1, 0.15) is 0 Å². The van der Waals surface area contributed by atoms with Gasteiger partial charge in [0.2, 0.25) is 0 Å². The smallest absolute Gasteiger partial charge is 0.0389 e. The second-order valence-corrected chi connectivity index (χ2v) is 48.3. The van der Waals surface area contributed by atoms with Crippen molar-refractivity contribution >= 4 is 62.7 Å². The van der Waals surface area contributed by atoms with Crippen LogP contribution in [0.3, 0.4) is 0 Å². The highest BCUT2D eigenvalue weighted by Crippen LogP contribution is 1.92. The van der Waals surface area contributed by atoms with Crippen LogP contribution in [0.5, 0.6) is 0 Å². The summed E-state index contributed by atoms with van der Waals surface area (Å²) in [5.74, 6) is 0. The van der Waals surface area contributed by atoms with Crippen LogP contribution in [0.15, 0.2) is 48.5 Å². The summed E-state index contributed by atoms with van der Waals surface area (Å²) in [5.41, 5.74) is 2.85. The van der Waals surface area contributed by atoms with Crippen LogP contribution in [0, 0.1) is 13.8 Å². The van der Waals surface area contributed by atoms with E-state index in [-0.39, 0.29) is 18.1 Å². The van der Waals surface area contributed by atoms with E-state index in [1.807, 2.05) is 0 Å². The molecule has 2 rings (SSSR count). The van der Waals surface area contributed by atoms with Crippen LogP contribution in [0.4, 0.5) is 0 Å². The normalized spacial score (nSPS) is 14.3. The fourth-order valence-electron chi connectivity index (χ4n) is 2.52. The molecular weight excluding hydrogens is 337 g/mol. The number of hydrogen-bond acceptors (Lipinski definition) is 0. The number of aryl methyl sites for hydroxylation is 2. The molecule has 0 heterocycles. The monoisotopic (exact) mass is 362 g/mol. The largest absolute Gasteiger partial charge is 0.0704 e. The first kappa shape index (κ1) is 16.1. The minimum atomic E-state index is 0.249. The Hall–Kier alpha value is -0.259. The van der Waals surface area contributed by atoms with Gasteiger partial charge in [0.05, 0.1) is 0 Å². The summed E-state index contributed by atoms with van der Waals surface area (Å²) >= 11 is 0. The molecule has 0 amide bonds. The Morgan fingerprint density at radius 2 is 0.850 bits per heavy atom. The van der Waals surface area contributed by atoms with E-state index in [1.165, 1.54) is 11.1 Å². The van der Waals surface area contributed by atoms with Gasteiger partial charge in [0.15, 0.2) is 0 Å². The Balaban J connectivity index is 1.57. The molecule has 2 aromatic rings. The van der Waals surface area contributed by atoms with Crippen molar-refractivity contribution in [2.45, 2.75) is 13.8 Å². The maximum Gasteiger partial charge on any atom is 0.0389 e. The molecule has 0 bridgehead atoms. The lowest BCUT2D eigenvalue weighted by Gasteiger charge is -2.01. The lowest BCUT2D eigenvalue weighted by atomic mass is 10.2. The Morgan fingerprint density at radius 1 is 0.500 bits per heavy atom. The van der Waals surface area contributed by atoms with Crippen LogP contribution in [0.2, 0.25) is 0 Å². The summed E-state index contributed by atoms with van der Waals surface area (Å²) in [7, 11) is 2.62. The van der Waals surface area contributed by atoms with Gasteiger partial charge in [-0.2, -0.15) is 0 Å². The first-order chi connectivity index (χ1) is 9.74. The van der Waals surface area contributed by atoms with E-state index < -0.39 is 0 Å². The van der Waals surface area contributed by atoms with Crippen molar-refractivity contribution in [2.75, 3.05) is 0 Å². The summed E-state index contributed by atoms with van der Waals surface area (Å²) in [6, 6.07) is 18.9. The topological polar surface area (TPSA) is 0 Å². The number of rotatable bonds is 7. The Morgan fingerprint density at radius 3 is 1.20 bits per heavy atom. The predicted molar refractivity (Wildman–Crippen MR) is 113 cm³/mol. The van der Waals surface area contributed by atoms with E-state index in [4.69, 9.17) is 0 Å². The zero-order chi connectivity index (χ0) is 14.2. The van der Waals surface area contributed by atoms with E-state index in [1.54, 1.807) is 10.4 Å². The Labute approximate surface area is 136 Å². The Bertz CT molecular complexity index is 459. The molecule has 0 saturated carbocycles. The summed E-state index contributed by atoms with van der Waals surface area (Å²) in [6.07, 6.45) is 0. The third-order valence-electron chi connectivity index (χ3n) is 3.92. The van der Waals surface area contributed by atoms with Crippen LogP contribution < -0.4 is 10.4 Å². The van der Waals surface area contributed by atoms with E-state index in [2.05, 4.69) is 62.4 Å².